The first-order valence-electron chi connectivity index (χ1n) is 9.23. The second-order valence-corrected chi connectivity index (χ2v) is 10.3. The van der Waals surface area contributed by atoms with E-state index in [9.17, 15) is 8.42 Å². The Morgan fingerprint density at radius 3 is 2.32 bits per heavy atom. The third-order valence-corrected chi connectivity index (χ3v) is 7.97. The second kappa shape index (κ2) is 6.06. The predicted octanol–water partition coefficient (Wildman–Crippen LogP) is 3.19. The molecule has 0 aliphatic carbocycles. The number of rotatable bonds is 3. The van der Waals surface area contributed by atoms with Crippen LogP contribution in [0.2, 0.25) is 0 Å². The van der Waals surface area contributed by atoms with Gasteiger partial charge in [-0.15, -0.1) is 0 Å². The number of benzene rings is 2. The molecule has 2 heterocycles. The molecule has 2 aliphatic heterocycles. The molecular weight excluding hydrogens is 374 g/mol. The average molecular weight is 400 g/mol. The van der Waals surface area contributed by atoms with Gasteiger partial charge < -0.3 is 9.74 Å². The third kappa shape index (κ3) is 2.42. The minimum Gasteiger partial charge on any atom is -0.366 e. The number of hydrogen-bond donors (Lipinski definition) is 0. The van der Waals surface area contributed by atoms with E-state index in [0.29, 0.717) is 6.42 Å². The molecule has 6 nitrogen and oxygen atoms in total. The smallest absolute Gasteiger partial charge is 0.242 e. The van der Waals surface area contributed by atoms with Crippen LogP contribution in [0.1, 0.15) is 31.4 Å². The van der Waals surface area contributed by atoms with E-state index in [1.165, 1.54) is 24.0 Å². The molecule has 0 saturated carbocycles. The summed E-state index contributed by atoms with van der Waals surface area (Å²) in [6.45, 7) is 4.36. The fourth-order valence-corrected chi connectivity index (χ4v) is 5.14. The fourth-order valence-electron chi connectivity index (χ4n) is 4.24. The van der Waals surface area contributed by atoms with Crippen molar-refractivity contribution in [3.8, 4) is 0 Å². The van der Waals surface area contributed by atoms with E-state index in [-0.39, 0.29) is 10.3 Å². The molecule has 0 fully saturated rings. The number of hydrogen-bond acceptors (Lipinski definition) is 5. The van der Waals surface area contributed by atoms with Gasteiger partial charge in [0.2, 0.25) is 15.7 Å². The molecular formula is C21H25N3O3S. The number of oxime groups is 1. The molecule has 2 aromatic carbocycles. The molecule has 0 aromatic heterocycles. The van der Waals surface area contributed by atoms with Crippen molar-refractivity contribution >= 4 is 21.4 Å². The van der Waals surface area contributed by atoms with Gasteiger partial charge in [0, 0.05) is 26.8 Å². The largest absolute Gasteiger partial charge is 0.366 e. The van der Waals surface area contributed by atoms with Gasteiger partial charge in [0.05, 0.1) is 22.4 Å². The zero-order chi connectivity index (χ0) is 20.3. The van der Waals surface area contributed by atoms with Gasteiger partial charge in [-0.2, -0.15) is 0 Å². The molecule has 4 rings (SSSR count). The summed E-state index contributed by atoms with van der Waals surface area (Å²) in [6, 6.07) is 15.2. The minimum absolute atomic E-state index is 0.252. The number of fused-ring (bicyclic) bond motifs is 1. The van der Waals surface area contributed by atoms with Gasteiger partial charge in [-0.25, -0.2) is 12.7 Å². The Morgan fingerprint density at radius 2 is 1.71 bits per heavy atom. The molecule has 28 heavy (non-hydrogen) atoms. The summed E-state index contributed by atoms with van der Waals surface area (Å²) < 4.78 is 25.8. The van der Waals surface area contributed by atoms with Crippen LogP contribution in [0.15, 0.2) is 58.6 Å². The van der Waals surface area contributed by atoms with Crippen molar-refractivity contribution in [1.29, 1.82) is 0 Å². The summed E-state index contributed by atoms with van der Waals surface area (Å²) in [5, 5.41) is 4.41. The van der Waals surface area contributed by atoms with E-state index in [2.05, 4.69) is 36.0 Å². The van der Waals surface area contributed by atoms with Crippen LogP contribution in [-0.2, 0) is 20.3 Å². The van der Waals surface area contributed by atoms with Crippen LogP contribution in [0.4, 0.5) is 5.69 Å². The normalized spacial score (nSPS) is 23.1. The first kappa shape index (κ1) is 19.0. The van der Waals surface area contributed by atoms with Crippen LogP contribution in [0, 0.1) is 0 Å². The summed E-state index contributed by atoms with van der Waals surface area (Å²) in [4.78, 5) is 8.54. The molecule has 0 radical (unpaired) electrons. The third-order valence-electron chi connectivity index (χ3n) is 6.14. The maximum atomic E-state index is 12.3. The number of para-hydroxylation sites is 1. The van der Waals surface area contributed by atoms with Crippen LogP contribution < -0.4 is 4.90 Å². The Kier molecular flexibility index (Phi) is 4.10. The summed E-state index contributed by atoms with van der Waals surface area (Å²) >= 11 is 0. The number of sulfonamides is 1. The van der Waals surface area contributed by atoms with Gasteiger partial charge >= 0.3 is 0 Å². The standard InChI is InChI=1S/C21H25N3O3S/c1-20(2)17-8-6-7-9-19(17)24(5)21(20)14-18(22-27-21)15-10-12-16(13-11-15)28(25,26)23(3)4/h6-13H,14H2,1-5H3/t21-/m1/s1. The maximum absolute atomic E-state index is 12.3. The van der Waals surface area contributed by atoms with E-state index < -0.39 is 15.7 Å². The lowest BCUT2D eigenvalue weighted by molar-refractivity contribution is -0.0591. The highest BCUT2D eigenvalue weighted by molar-refractivity contribution is 7.89. The highest BCUT2D eigenvalue weighted by Gasteiger charge is 2.61. The second-order valence-electron chi connectivity index (χ2n) is 8.10. The fraction of sp³-hybridized carbons (Fsp3) is 0.381. The van der Waals surface area contributed by atoms with Gasteiger partial charge in [-0.3, -0.25) is 0 Å². The number of anilines is 1. The molecule has 7 heteroatoms. The summed E-state index contributed by atoms with van der Waals surface area (Å²) in [5.41, 5.74) is 3.23. The van der Waals surface area contributed by atoms with Gasteiger partial charge in [-0.05, 0) is 43.2 Å². The first-order valence-corrected chi connectivity index (χ1v) is 10.7. The first-order chi connectivity index (χ1) is 13.1. The number of nitrogens with zero attached hydrogens (tertiary/aromatic N) is 3. The molecule has 2 aliphatic rings. The molecule has 0 amide bonds. The van der Waals surface area contributed by atoms with E-state index >= 15 is 0 Å². The molecule has 2 aromatic rings. The zero-order valence-electron chi connectivity index (χ0n) is 16.8. The van der Waals surface area contributed by atoms with E-state index in [4.69, 9.17) is 4.84 Å². The monoisotopic (exact) mass is 399 g/mol. The quantitative estimate of drug-likeness (QED) is 0.795. The highest BCUT2D eigenvalue weighted by atomic mass is 32.2. The Morgan fingerprint density at radius 1 is 1.07 bits per heavy atom. The van der Waals surface area contributed by atoms with Crippen molar-refractivity contribution in [2.45, 2.75) is 36.3 Å². The van der Waals surface area contributed by atoms with Gasteiger partial charge in [0.15, 0.2) is 0 Å². The van der Waals surface area contributed by atoms with Crippen molar-refractivity contribution in [2.75, 3.05) is 26.0 Å². The lowest BCUT2D eigenvalue weighted by Gasteiger charge is -2.40. The SMILES string of the molecule is CN1c2ccccc2C(C)(C)[C@]12CC(c1ccc(S(=O)(=O)N(C)C)cc1)=NO2. The van der Waals surface area contributed by atoms with E-state index in [0.717, 1.165) is 17.0 Å². The van der Waals surface area contributed by atoms with Crippen molar-refractivity contribution in [3.05, 3.63) is 59.7 Å². The maximum Gasteiger partial charge on any atom is 0.242 e. The summed E-state index contributed by atoms with van der Waals surface area (Å²) in [7, 11) is 1.64. The molecule has 0 saturated heterocycles. The lowest BCUT2D eigenvalue weighted by atomic mass is 9.75. The van der Waals surface area contributed by atoms with Crippen LogP contribution in [-0.4, -0.2) is 45.3 Å². The van der Waals surface area contributed by atoms with E-state index in [1.54, 1.807) is 24.3 Å². The van der Waals surface area contributed by atoms with Crippen LogP contribution in [0.25, 0.3) is 0 Å². The van der Waals surface area contributed by atoms with Gasteiger partial charge in [0.25, 0.3) is 0 Å². The molecule has 0 N–H and O–H groups in total. The zero-order valence-corrected chi connectivity index (χ0v) is 17.6. The van der Waals surface area contributed by atoms with Crippen LogP contribution >= 0.6 is 0 Å². The molecule has 148 valence electrons. The Hall–Kier alpha value is -2.38. The topological polar surface area (TPSA) is 62.2 Å². The van der Waals surface area contributed by atoms with Crippen molar-refractivity contribution in [3.63, 3.8) is 0 Å². The van der Waals surface area contributed by atoms with Crippen molar-refractivity contribution in [1.82, 2.24) is 4.31 Å². The average Bonchev–Trinajstić information content (AvgIpc) is 3.20. The van der Waals surface area contributed by atoms with E-state index in [1.807, 2.05) is 19.2 Å². The minimum atomic E-state index is -3.45. The Bertz CT molecular complexity index is 1060. The van der Waals surface area contributed by atoms with Gasteiger partial charge in [0.1, 0.15) is 0 Å². The van der Waals surface area contributed by atoms with Gasteiger partial charge in [-0.1, -0.05) is 35.5 Å². The number of likely N-dealkylation sites (N-methyl/N-ethyl adjacent to an activating group) is 1. The Balaban J connectivity index is 1.65. The predicted molar refractivity (Wildman–Crippen MR) is 110 cm³/mol. The van der Waals surface area contributed by atoms with Crippen LogP contribution in [0.5, 0.6) is 0 Å². The lowest BCUT2D eigenvalue weighted by Crippen LogP contribution is -2.54. The molecule has 1 spiro atoms. The molecule has 0 unspecified atom stereocenters. The van der Waals surface area contributed by atoms with Crippen molar-refractivity contribution < 1.29 is 13.3 Å². The highest BCUT2D eigenvalue weighted by Crippen LogP contribution is 2.55. The summed E-state index contributed by atoms with van der Waals surface area (Å²) in [6.07, 6.45) is 0.616. The molecule has 0 bridgehead atoms. The summed E-state index contributed by atoms with van der Waals surface area (Å²) in [5.74, 6) is 0. The molecule has 1 atom stereocenters. The Labute approximate surface area is 166 Å². The van der Waals surface area contributed by atoms with Crippen LogP contribution in [0.3, 0.4) is 0 Å². The van der Waals surface area contributed by atoms with Crippen molar-refractivity contribution in [2.24, 2.45) is 5.16 Å².